The van der Waals surface area contributed by atoms with Crippen LogP contribution >= 0.6 is 34.9 Å². The molecule has 19 heavy (non-hydrogen) atoms. The summed E-state index contributed by atoms with van der Waals surface area (Å²) in [5, 5.41) is 21.7. The minimum Gasteiger partial charge on any atom is -0.394 e. The highest BCUT2D eigenvalue weighted by Crippen LogP contribution is 2.33. The van der Waals surface area contributed by atoms with Crippen LogP contribution in [0.4, 0.5) is 0 Å². The number of rotatable bonds is 8. The summed E-state index contributed by atoms with van der Waals surface area (Å²) < 4.78 is 2.00. The summed E-state index contributed by atoms with van der Waals surface area (Å²) in [5.74, 6) is 0. The van der Waals surface area contributed by atoms with Crippen LogP contribution in [0, 0.1) is 0 Å². The van der Waals surface area contributed by atoms with Crippen molar-refractivity contribution in [1.29, 1.82) is 0 Å². The first-order valence-electron chi connectivity index (χ1n) is 6.31. The summed E-state index contributed by atoms with van der Waals surface area (Å²) in [6, 6.07) is 0.360. The number of nitrogens with one attached hydrogen (secondary N) is 1. The molecule has 0 aliphatic carbocycles. The first kappa shape index (κ1) is 17.2. The Balaban J connectivity index is 2.55. The number of aliphatic hydroxyl groups is 1. The van der Waals surface area contributed by atoms with Crippen LogP contribution in [0.25, 0.3) is 0 Å². The molecule has 0 saturated heterocycles. The second-order valence-corrected chi connectivity index (χ2v) is 8.90. The molecule has 0 aromatic carbocycles. The molecule has 0 radical (unpaired) electrons. The second kappa shape index (κ2) is 7.83. The monoisotopic (exact) mass is 321 g/mol. The van der Waals surface area contributed by atoms with E-state index in [2.05, 4.69) is 43.2 Å². The normalized spacial score (nSPS) is 16.6. The average Bonchev–Trinajstić information content (AvgIpc) is 2.75. The molecule has 0 aliphatic heterocycles. The predicted octanol–water partition coefficient (Wildman–Crippen LogP) is 2.88. The predicted molar refractivity (Wildman–Crippen MR) is 85.4 cm³/mol. The SMILES string of the molecule is CSc1nnc(SC(C)CC(C)(CO)NC(C)C)s1. The highest BCUT2D eigenvalue weighted by molar-refractivity contribution is 8.03. The molecule has 2 N–H and O–H groups in total. The highest BCUT2D eigenvalue weighted by atomic mass is 32.2. The Kier molecular flexibility index (Phi) is 7.10. The quantitative estimate of drug-likeness (QED) is 0.718. The minimum absolute atomic E-state index is 0.141. The summed E-state index contributed by atoms with van der Waals surface area (Å²) in [7, 11) is 0. The number of nitrogens with zero attached hydrogens (tertiary/aromatic N) is 2. The highest BCUT2D eigenvalue weighted by Gasteiger charge is 2.27. The van der Waals surface area contributed by atoms with Gasteiger partial charge in [-0.3, -0.25) is 0 Å². The van der Waals surface area contributed by atoms with Gasteiger partial charge in [-0.25, -0.2) is 0 Å². The fourth-order valence-electron chi connectivity index (χ4n) is 2.04. The van der Waals surface area contributed by atoms with Crippen molar-refractivity contribution in [2.75, 3.05) is 12.9 Å². The van der Waals surface area contributed by atoms with Crippen molar-refractivity contribution < 1.29 is 5.11 Å². The van der Waals surface area contributed by atoms with Crippen molar-refractivity contribution in [3.05, 3.63) is 0 Å². The fraction of sp³-hybridized carbons (Fsp3) is 0.833. The standard InChI is InChI=1S/C12H23N3OS3/c1-8(2)13-12(4,7-16)6-9(3)18-11-15-14-10(17-5)19-11/h8-9,13,16H,6-7H2,1-5H3. The van der Waals surface area contributed by atoms with Gasteiger partial charge in [-0.15, -0.1) is 10.2 Å². The zero-order valence-electron chi connectivity index (χ0n) is 12.1. The Bertz CT molecular complexity index is 386. The van der Waals surface area contributed by atoms with E-state index in [-0.39, 0.29) is 12.1 Å². The number of thioether (sulfide) groups is 2. The molecule has 0 spiro atoms. The van der Waals surface area contributed by atoms with E-state index < -0.39 is 0 Å². The second-order valence-electron chi connectivity index (χ2n) is 5.19. The van der Waals surface area contributed by atoms with Gasteiger partial charge in [0, 0.05) is 16.8 Å². The molecule has 110 valence electrons. The van der Waals surface area contributed by atoms with E-state index in [4.69, 9.17) is 0 Å². The maximum absolute atomic E-state index is 9.59. The Hall–Kier alpha value is 0.180. The lowest BCUT2D eigenvalue weighted by atomic mass is 9.96. The van der Waals surface area contributed by atoms with Crippen LogP contribution in [0.1, 0.15) is 34.1 Å². The summed E-state index contributed by atoms with van der Waals surface area (Å²) in [4.78, 5) is 0. The van der Waals surface area contributed by atoms with Gasteiger partial charge in [-0.05, 0) is 19.6 Å². The summed E-state index contributed by atoms with van der Waals surface area (Å²) in [5.41, 5.74) is -0.242. The van der Waals surface area contributed by atoms with Crippen molar-refractivity contribution in [2.24, 2.45) is 0 Å². The molecule has 1 rings (SSSR count). The molecular weight excluding hydrogens is 298 g/mol. The van der Waals surface area contributed by atoms with Crippen LogP contribution in [0.2, 0.25) is 0 Å². The largest absolute Gasteiger partial charge is 0.394 e. The zero-order chi connectivity index (χ0) is 14.5. The molecule has 0 bridgehead atoms. The van der Waals surface area contributed by atoms with Gasteiger partial charge in [-0.1, -0.05) is 55.6 Å². The first-order valence-corrected chi connectivity index (χ1v) is 9.23. The fourth-order valence-corrected chi connectivity index (χ4v) is 5.01. The van der Waals surface area contributed by atoms with Crippen LogP contribution < -0.4 is 5.32 Å². The molecule has 1 aromatic heterocycles. The van der Waals surface area contributed by atoms with Gasteiger partial charge in [-0.2, -0.15) is 0 Å². The molecule has 2 unspecified atom stereocenters. The van der Waals surface area contributed by atoms with Crippen molar-refractivity contribution in [2.45, 2.75) is 59.6 Å². The minimum atomic E-state index is -0.242. The van der Waals surface area contributed by atoms with Crippen LogP contribution in [-0.2, 0) is 0 Å². The lowest BCUT2D eigenvalue weighted by Gasteiger charge is -2.33. The van der Waals surface area contributed by atoms with E-state index in [1.165, 1.54) is 0 Å². The first-order chi connectivity index (χ1) is 8.88. The van der Waals surface area contributed by atoms with Gasteiger partial charge in [0.2, 0.25) is 0 Å². The van der Waals surface area contributed by atoms with Crippen LogP contribution in [0.15, 0.2) is 8.68 Å². The molecule has 0 aliphatic rings. The Labute approximate surface area is 128 Å². The summed E-state index contributed by atoms with van der Waals surface area (Å²) in [6.45, 7) is 8.57. The maximum atomic E-state index is 9.59. The van der Waals surface area contributed by atoms with Crippen molar-refractivity contribution >= 4 is 34.9 Å². The number of hydrogen-bond donors (Lipinski definition) is 2. The van der Waals surface area contributed by atoms with E-state index in [1.54, 1.807) is 34.9 Å². The molecule has 1 heterocycles. The zero-order valence-corrected chi connectivity index (χ0v) is 14.6. The molecule has 1 aromatic rings. The molecule has 4 nitrogen and oxygen atoms in total. The Morgan fingerprint density at radius 3 is 2.42 bits per heavy atom. The van der Waals surface area contributed by atoms with Gasteiger partial charge in [0.15, 0.2) is 8.68 Å². The third-order valence-corrected chi connectivity index (χ3v) is 5.67. The van der Waals surface area contributed by atoms with E-state index in [9.17, 15) is 5.11 Å². The topological polar surface area (TPSA) is 58.0 Å². The number of hydrogen-bond acceptors (Lipinski definition) is 7. The van der Waals surface area contributed by atoms with Crippen LogP contribution in [0.3, 0.4) is 0 Å². The van der Waals surface area contributed by atoms with E-state index in [0.29, 0.717) is 11.3 Å². The number of aromatic nitrogens is 2. The molecular formula is C12H23N3OS3. The Morgan fingerprint density at radius 2 is 1.95 bits per heavy atom. The van der Waals surface area contributed by atoms with E-state index >= 15 is 0 Å². The average molecular weight is 322 g/mol. The van der Waals surface area contributed by atoms with Crippen molar-refractivity contribution in [1.82, 2.24) is 15.5 Å². The molecule has 0 fully saturated rings. The molecule has 2 atom stereocenters. The van der Waals surface area contributed by atoms with Gasteiger partial charge in [0.05, 0.1) is 6.61 Å². The molecule has 7 heteroatoms. The maximum Gasteiger partial charge on any atom is 0.175 e. The lowest BCUT2D eigenvalue weighted by molar-refractivity contribution is 0.157. The van der Waals surface area contributed by atoms with Gasteiger partial charge >= 0.3 is 0 Å². The lowest BCUT2D eigenvalue weighted by Crippen LogP contribution is -2.50. The van der Waals surface area contributed by atoms with Gasteiger partial charge in [0.25, 0.3) is 0 Å². The Morgan fingerprint density at radius 1 is 1.32 bits per heavy atom. The third-order valence-electron chi connectivity index (χ3n) is 2.59. The van der Waals surface area contributed by atoms with Gasteiger partial charge < -0.3 is 10.4 Å². The molecule has 0 amide bonds. The molecule has 0 saturated carbocycles. The van der Waals surface area contributed by atoms with Crippen molar-refractivity contribution in [3.8, 4) is 0 Å². The van der Waals surface area contributed by atoms with E-state index in [0.717, 1.165) is 15.1 Å². The third kappa shape index (κ3) is 5.99. The van der Waals surface area contributed by atoms with E-state index in [1.807, 2.05) is 6.26 Å². The summed E-state index contributed by atoms with van der Waals surface area (Å²) >= 11 is 4.98. The summed E-state index contributed by atoms with van der Waals surface area (Å²) in [6.07, 6.45) is 2.90. The number of aliphatic hydroxyl groups excluding tert-OH is 1. The van der Waals surface area contributed by atoms with Crippen molar-refractivity contribution in [3.63, 3.8) is 0 Å². The van der Waals surface area contributed by atoms with Gasteiger partial charge in [0.1, 0.15) is 0 Å². The smallest absolute Gasteiger partial charge is 0.175 e. The van der Waals surface area contributed by atoms with Crippen LogP contribution in [-0.4, -0.2) is 45.0 Å². The van der Waals surface area contributed by atoms with Crippen LogP contribution in [0.5, 0.6) is 0 Å².